The van der Waals surface area contributed by atoms with Gasteiger partial charge in [0.15, 0.2) is 6.61 Å². The number of nitrogens with one attached hydrogen (secondary N) is 1. The monoisotopic (exact) mass is 198 g/mol. The number of hydrogen-bond acceptors (Lipinski definition) is 5. The molecule has 68 valence electrons. The third-order valence-corrected chi connectivity index (χ3v) is 1.11. The minimum absolute atomic E-state index is 0.209. The Kier molecular flexibility index (Phi) is 3.03. The summed E-state index contributed by atoms with van der Waals surface area (Å²) in [6.45, 7) is -0.765. The second-order valence-corrected chi connectivity index (χ2v) is 2.05. The summed E-state index contributed by atoms with van der Waals surface area (Å²) in [7, 11) is 0. The molecule has 0 radical (unpaired) electrons. The molecule has 0 amide bonds. The van der Waals surface area contributed by atoms with Gasteiger partial charge in [0.05, 0.1) is 0 Å². The summed E-state index contributed by atoms with van der Waals surface area (Å²) < 4.78 is 28.4. The van der Waals surface area contributed by atoms with Crippen LogP contribution in [0.15, 0.2) is 10.2 Å². The van der Waals surface area contributed by atoms with Gasteiger partial charge in [-0.1, -0.05) is 0 Å². The van der Waals surface area contributed by atoms with Gasteiger partial charge in [-0.05, 0) is 0 Å². The van der Waals surface area contributed by atoms with Crippen molar-refractivity contribution in [2.75, 3.05) is 6.61 Å². The van der Waals surface area contributed by atoms with Gasteiger partial charge in [0.2, 0.25) is 0 Å². The fourth-order valence-electron chi connectivity index (χ4n) is 0.474. The summed E-state index contributed by atoms with van der Waals surface area (Å²) in [4.78, 5) is 0. The molecule has 1 N–H and O–H groups in total. The Morgan fingerprint density at radius 2 is 2.50 bits per heavy atom. The number of halogens is 3. The van der Waals surface area contributed by atoms with Crippen LogP contribution < -0.4 is 5.43 Å². The highest BCUT2D eigenvalue weighted by Crippen LogP contribution is 2.03. The van der Waals surface area contributed by atoms with Crippen LogP contribution in [0.1, 0.15) is 0 Å². The van der Waals surface area contributed by atoms with Crippen molar-refractivity contribution >= 4 is 24.1 Å². The normalized spacial score (nSPS) is 16.0. The quantitative estimate of drug-likeness (QED) is 0.659. The van der Waals surface area contributed by atoms with Crippen molar-refractivity contribution in [3.05, 3.63) is 0 Å². The second-order valence-electron chi connectivity index (χ2n) is 1.73. The van der Waals surface area contributed by atoms with E-state index in [2.05, 4.69) is 20.4 Å². The molecule has 0 aromatic heterocycles. The number of hydrazone groups is 2. The molecule has 1 aliphatic rings. The predicted octanol–water partition coefficient (Wildman–Crippen LogP) is 0.541. The molecule has 1 rings (SSSR count). The highest BCUT2D eigenvalue weighted by atomic mass is 35.5. The zero-order chi connectivity index (χ0) is 8.97. The number of hydrogen-bond donors (Lipinski definition) is 1. The van der Waals surface area contributed by atoms with Crippen LogP contribution in [0.3, 0.4) is 0 Å². The Bertz CT molecular complexity index is 209. The predicted molar refractivity (Wildman–Crippen MR) is 38.7 cm³/mol. The lowest BCUT2D eigenvalue weighted by atomic mass is 10.8. The van der Waals surface area contributed by atoms with Crippen LogP contribution in [0.2, 0.25) is 0 Å². The minimum Gasteiger partial charge on any atom is -0.456 e. The first-order chi connectivity index (χ1) is 5.70. The Labute approximate surface area is 71.7 Å². The van der Waals surface area contributed by atoms with E-state index in [0.717, 1.165) is 4.53 Å². The van der Waals surface area contributed by atoms with Crippen LogP contribution in [0, 0.1) is 0 Å². The number of ether oxygens (including phenoxy) is 1. The van der Waals surface area contributed by atoms with Gasteiger partial charge in [-0.15, -0.1) is 14.7 Å². The molecule has 0 aromatic rings. The molecule has 0 saturated heterocycles. The van der Waals surface area contributed by atoms with Crippen LogP contribution in [0.4, 0.5) is 8.78 Å². The van der Waals surface area contributed by atoms with Crippen molar-refractivity contribution < 1.29 is 13.5 Å². The van der Waals surface area contributed by atoms with Crippen LogP contribution >= 0.6 is 11.8 Å². The van der Waals surface area contributed by atoms with Gasteiger partial charge in [-0.2, -0.15) is 0 Å². The molecule has 0 aliphatic carbocycles. The van der Waals surface area contributed by atoms with Gasteiger partial charge < -0.3 is 4.74 Å². The third kappa shape index (κ3) is 2.50. The van der Waals surface area contributed by atoms with E-state index in [1.54, 1.807) is 0 Å². The first kappa shape index (κ1) is 8.98. The van der Waals surface area contributed by atoms with E-state index in [9.17, 15) is 8.78 Å². The minimum atomic E-state index is -2.57. The molecule has 8 heteroatoms. The summed E-state index contributed by atoms with van der Waals surface area (Å²) in [5.74, 6) is 0. The van der Waals surface area contributed by atoms with Crippen molar-refractivity contribution in [1.82, 2.24) is 9.95 Å². The average Bonchev–Trinajstić information content (AvgIpc) is 2.03. The van der Waals surface area contributed by atoms with E-state index >= 15 is 0 Å². The molecule has 0 atom stereocenters. The summed E-state index contributed by atoms with van der Waals surface area (Å²) in [5, 5.41) is 6.89. The lowest BCUT2D eigenvalue weighted by molar-refractivity contribution is 0.0693. The molecule has 12 heavy (non-hydrogen) atoms. The first-order valence-corrected chi connectivity index (χ1v) is 3.26. The topological polar surface area (TPSA) is 49.2 Å². The molecule has 5 nitrogen and oxygen atoms in total. The van der Waals surface area contributed by atoms with Gasteiger partial charge in [0.25, 0.3) is 6.43 Å². The molecule has 0 saturated carbocycles. The fraction of sp³-hybridized carbons (Fsp3) is 0.500. The van der Waals surface area contributed by atoms with Gasteiger partial charge >= 0.3 is 6.02 Å². The van der Waals surface area contributed by atoms with E-state index in [0.29, 0.717) is 0 Å². The summed E-state index contributed by atoms with van der Waals surface area (Å²) in [6.07, 6.45) is -1.38. The SMILES string of the molecule is FC(F)COC1=NNC=NN1Cl. The van der Waals surface area contributed by atoms with Gasteiger partial charge in [0, 0.05) is 11.8 Å². The average molecular weight is 199 g/mol. The van der Waals surface area contributed by atoms with Gasteiger partial charge in [-0.3, -0.25) is 5.43 Å². The maximum atomic E-state index is 11.6. The number of nitrogens with zero attached hydrogens (tertiary/aromatic N) is 3. The zero-order valence-electron chi connectivity index (χ0n) is 5.75. The number of amidine groups is 1. The van der Waals surface area contributed by atoms with E-state index in [1.165, 1.54) is 6.34 Å². The maximum Gasteiger partial charge on any atom is 0.346 e. The van der Waals surface area contributed by atoms with Crippen molar-refractivity contribution in [2.24, 2.45) is 10.2 Å². The standard InChI is InChI=1S/C4H5ClF2N4O/c5-11-4(10-8-2-9-11)12-1-3(6)7/h2-3H,1H2,(H,8,9). The zero-order valence-corrected chi connectivity index (χ0v) is 6.50. The molecule has 0 fully saturated rings. The maximum absolute atomic E-state index is 11.6. The highest BCUT2D eigenvalue weighted by Gasteiger charge is 2.14. The Balaban J connectivity index is 2.36. The second kappa shape index (κ2) is 4.05. The molecule has 1 aliphatic heterocycles. The molecule has 0 bridgehead atoms. The molecular weight excluding hydrogens is 194 g/mol. The van der Waals surface area contributed by atoms with Crippen molar-refractivity contribution in [2.45, 2.75) is 6.43 Å². The smallest absolute Gasteiger partial charge is 0.346 e. The van der Waals surface area contributed by atoms with Crippen LogP contribution in [-0.4, -0.2) is 29.9 Å². The third-order valence-electron chi connectivity index (χ3n) is 0.873. The molecule has 0 spiro atoms. The number of rotatable bonds is 2. The van der Waals surface area contributed by atoms with E-state index in [1.807, 2.05) is 0 Å². The van der Waals surface area contributed by atoms with E-state index in [4.69, 9.17) is 11.8 Å². The van der Waals surface area contributed by atoms with Gasteiger partial charge in [-0.25, -0.2) is 8.78 Å². The van der Waals surface area contributed by atoms with Gasteiger partial charge in [0.1, 0.15) is 6.34 Å². The fourth-order valence-corrected chi connectivity index (χ4v) is 0.605. The molecule has 0 aromatic carbocycles. The lowest BCUT2D eigenvalue weighted by Crippen LogP contribution is -2.29. The molecular formula is C4H5ClF2N4O. The van der Waals surface area contributed by atoms with Crippen LogP contribution in [0.25, 0.3) is 0 Å². The Hall–Kier alpha value is -1.11. The van der Waals surface area contributed by atoms with E-state index < -0.39 is 13.0 Å². The van der Waals surface area contributed by atoms with Crippen LogP contribution in [-0.2, 0) is 4.74 Å². The summed E-state index contributed by atoms with van der Waals surface area (Å²) >= 11 is 5.36. The molecule has 1 heterocycles. The highest BCUT2D eigenvalue weighted by molar-refractivity contribution is 6.21. The Morgan fingerprint density at radius 1 is 1.75 bits per heavy atom. The van der Waals surface area contributed by atoms with Crippen molar-refractivity contribution in [1.29, 1.82) is 0 Å². The largest absolute Gasteiger partial charge is 0.456 e. The summed E-state index contributed by atoms with van der Waals surface area (Å²) in [5.41, 5.74) is 2.29. The van der Waals surface area contributed by atoms with Crippen LogP contribution in [0.5, 0.6) is 0 Å². The molecule has 0 unspecified atom stereocenters. The first-order valence-electron chi connectivity index (χ1n) is 2.92. The van der Waals surface area contributed by atoms with Crippen molar-refractivity contribution in [3.63, 3.8) is 0 Å². The Morgan fingerprint density at radius 3 is 3.08 bits per heavy atom. The lowest BCUT2D eigenvalue weighted by Gasteiger charge is -2.14. The van der Waals surface area contributed by atoms with Crippen molar-refractivity contribution in [3.8, 4) is 0 Å². The summed E-state index contributed by atoms with van der Waals surface area (Å²) in [6, 6.07) is -0.209. The number of alkyl halides is 2. The van der Waals surface area contributed by atoms with E-state index in [-0.39, 0.29) is 6.02 Å².